The summed E-state index contributed by atoms with van der Waals surface area (Å²) in [6, 6.07) is 7.53. The summed E-state index contributed by atoms with van der Waals surface area (Å²) in [5, 5.41) is 10.7. The fraction of sp³-hybridized carbons (Fsp3) is 0.500. The molecule has 0 radical (unpaired) electrons. The topological polar surface area (TPSA) is 76.0 Å². The number of benzene rings is 1. The van der Waals surface area contributed by atoms with Crippen LogP contribution in [0.4, 0.5) is 11.4 Å². The van der Waals surface area contributed by atoms with Gasteiger partial charge in [-0.25, -0.2) is 0 Å². The Morgan fingerprint density at radius 2 is 1.79 bits per heavy atom. The van der Waals surface area contributed by atoms with E-state index in [0.29, 0.717) is 23.0 Å². The predicted octanol–water partition coefficient (Wildman–Crippen LogP) is 4.42. The summed E-state index contributed by atoms with van der Waals surface area (Å²) < 4.78 is 1.82. The second-order valence-corrected chi connectivity index (χ2v) is 9.06. The number of anilines is 2. The van der Waals surface area contributed by atoms with Gasteiger partial charge in [0.1, 0.15) is 5.69 Å². The highest BCUT2D eigenvalue weighted by Crippen LogP contribution is 2.40. The van der Waals surface area contributed by atoms with Gasteiger partial charge < -0.3 is 10.6 Å². The molecule has 148 valence electrons. The zero-order valence-electron chi connectivity index (χ0n) is 17.0. The lowest BCUT2D eigenvalue weighted by Gasteiger charge is -2.22. The second kappa shape index (κ2) is 6.76. The molecule has 0 atom stereocenters. The number of nitrogens with one attached hydrogen (secondary N) is 2. The third-order valence-electron chi connectivity index (χ3n) is 5.29. The van der Waals surface area contributed by atoms with Crippen molar-refractivity contribution in [2.75, 3.05) is 10.6 Å². The third kappa shape index (κ3) is 3.96. The summed E-state index contributed by atoms with van der Waals surface area (Å²) in [6.45, 7) is 8.09. The molecule has 6 heteroatoms. The summed E-state index contributed by atoms with van der Waals surface area (Å²) in [7, 11) is 0. The van der Waals surface area contributed by atoms with Gasteiger partial charge in [0.2, 0.25) is 5.91 Å². The number of carbonyl (C=O) groups is 2. The molecule has 2 aliphatic rings. The van der Waals surface area contributed by atoms with Crippen molar-refractivity contribution in [3.05, 3.63) is 41.2 Å². The number of hydrogen-bond donors (Lipinski definition) is 2. The Hall–Kier alpha value is -2.63. The van der Waals surface area contributed by atoms with Crippen molar-refractivity contribution in [2.24, 2.45) is 5.92 Å². The fourth-order valence-corrected chi connectivity index (χ4v) is 3.26. The van der Waals surface area contributed by atoms with Gasteiger partial charge >= 0.3 is 0 Å². The number of aryl methyl sites for hydroxylation is 1. The minimum absolute atomic E-state index is 0.0565. The van der Waals surface area contributed by atoms with E-state index in [4.69, 9.17) is 5.10 Å². The number of aromatic nitrogens is 2. The molecule has 2 fully saturated rings. The molecule has 2 amide bonds. The van der Waals surface area contributed by atoms with Crippen LogP contribution in [0.5, 0.6) is 0 Å². The summed E-state index contributed by atoms with van der Waals surface area (Å²) >= 11 is 0. The van der Waals surface area contributed by atoms with Crippen molar-refractivity contribution in [1.29, 1.82) is 0 Å². The van der Waals surface area contributed by atoms with E-state index < -0.39 is 0 Å². The number of nitrogens with zero attached hydrogens (tertiary/aromatic N) is 2. The van der Waals surface area contributed by atoms with E-state index in [1.165, 1.54) is 0 Å². The van der Waals surface area contributed by atoms with Gasteiger partial charge in [-0.15, -0.1) is 0 Å². The highest BCUT2D eigenvalue weighted by atomic mass is 16.2. The molecule has 0 unspecified atom stereocenters. The van der Waals surface area contributed by atoms with Crippen molar-refractivity contribution in [3.8, 4) is 0 Å². The molecule has 28 heavy (non-hydrogen) atoms. The van der Waals surface area contributed by atoms with E-state index in [9.17, 15) is 9.59 Å². The largest absolute Gasteiger partial charge is 0.326 e. The Kier molecular flexibility index (Phi) is 4.52. The normalized spacial score (nSPS) is 16.7. The first-order valence-corrected chi connectivity index (χ1v) is 10.1. The van der Waals surface area contributed by atoms with E-state index in [0.717, 1.165) is 36.9 Å². The van der Waals surface area contributed by atoms with Crippen LogP contribution in [0, 0.1) is 12.8 Å². The van der Waals surface area contributed by atoms with Gasteiger partial charge in [0.05, 0.1) is 11.2 Å². The van der Waals surface area contributed by atoms with Gasteiger partial charge in [0, 0.05) is 23.2 Å². The van der Waals surface area contributed by atoms with Crippen LogP contribution in [0.15, 0.2) is 24.3 Å². The molecule has 1 aromatic carbocycles. The third-order valence-corrected chi connectivity index (χ3v) is 5.29. The molecule has 2 N–H and O–H groups in total. The van der Waals surface area contributed by atoms with Gasteiger partial charge in [-0.05, 0) is 77.1 Å². The zero-order chi connectivity index (χ0) is 20.1. The number of carbonyl (C=O) groups excluding carboxylic acids is 2. The van der Waals surface area contributed by atoms with E-state index >= 15 is 0 Å². The summed E-state index contributed by atoms with van der Waals surface area (Å²) in [4.78, 5) is 25.1. The van der Waals surface area contributed by atoms with Crippen molar-refractivity contribution in [3.63, 3.8) is 0 Å². The highest BCUT2D eigenvalue weighted by molar-refractivity contribution is 6.04. The van der Waals surface area contributed by atoms with Gasteiger partial charge in [-0.3, -0.25) is 14.3 Å². The Morgan fingerprint density at radius 3 is 2.39 bits per heavy atom. The molecule has 4 rings (SSSR count). The standard InChI is InChI=1S/C22H28N4O2/c1-13-5-10-16(23-20(27)15-8-9-15)11-17(13)24-21(28)19-12-18(14-6-7-14)25-26(19)22(2,3)4/h5,10-12,14-15H,6-9H2,1-4H3,(H,23,27)(H,24,28). The minimum atomic E-state index is -0.283. The van der Waals surface area contributed by atoms with E-state index in [2.05, 4.69) is 10.6 Å². The first-order valence-electron chi connectivity index (χ1n) is 10.1. The maximum atomic E-state index is 13.1. The molecule has 2 saturated carbocycles. The summed E-state index contributed by atoms with van der Waals surface area (Å²) in [5.41, 5.74) is 3.65. The van der Waals surface area contributed by atoms with Crippen molar-refractivity contribution >= 4 is 23.2 Å². The van der Waals surface area contributed by atoms with Gasteiger partial charge in [0.15, 0.2) is 0 Å². The first-order chi connectivity index (χ1) is 13.2. The lowest BCUT2D eigenvalue weighted by molar-refractivity contribution is -0.117. The van der Waals surface area contributed by atoms with Crippen LogP contribution in [-0.4, -0.2) is 21.6 Å². The molecule has 1 heterocycles. The number of hydrogen-bond acceptors (Lipinski definition) is 3. The molecule has 0 saturated heterocycles. The van der Waals surface area contributed by atoms with Crippen LogP contribution < -0.4 is 10.6 Å². The first kappa shape index (κ1) is 18.7. The monoisotopic (exact) mass is 380 g/mol. The van der Waals surface area contributed by atoms with Crippen molar-refractivity contribution in [1.82, 2.24) is 9.78 Å². The Morgan fingerprint density at radius 1 is 1.07 bits per heavy atom. The maximum absolute atomic E-state index is 13.1. The van der Waals surface area contributed by atoms with Crippen molar-refractivity contribution in [2.45, 2.75) is 64.8 Å². The lowest BCUT2D eigenvalue weighted by atomic mass is 10.1. The Bertz CT molecular complexity index is 930. The zero-order valence-corrected chi connectivity index (χ0v) is 17.0. The van der Waals surface area contributed by atoms with Crippen molar-refractivity contribution < 1.29 is 9.59 Å². The Balaban J connectivity index is 1.57. The summed E-state index contributed by atoms with van der Waals surface area (Å²) in [5.74, 6) is 0.503. The van der Waals surface area contributed by atoms with Crippen LogP contribution in [0.3, 0.4) is 0 Å². The SMILES string of the molecule is Cc1ccc(NC(=O)C2CC2)cc1NC(=O)c1cc(C2CC2)nn1C(C)(C)C. The van der Waals surface area contributed by atoms with Gasteiger partial charge in [-0.1, -0.05) is 6.07 Å². The smallest absolute Gasteiger partial charge is 0.273 e. The van der Waals surface area contributed by atoms with Gasteiger partial charge in [-0.2, -0.15) is 5.10 Å². The predicted molar refractivity (Wildman–Crippen MR) is 110 cm³/mol. The lowest BCUT2D eigenvalue weighted by Crippen LogP contribution is -2.29. The number of rotatable bonds is 5. The fourth-order valence-electron chi connectivity index (χ4n) is 3.26. The summed E-state index contributed by atoms with van der Waals surface area (Å²) in [6.07, 6.45) is 4.21. The molecule has 2 aliphatic carbocycles. The minimum Gasteiger partial charge on any atom is -0.326 e. The van der Waals surface area contributed by atoms with E-state index in [1.54, 1.807) is 0 Å². The second-order valence-electron chi connectivity index (χ2n) is 9.06. The maximum Gasteiger partial charge on any atom is 0.273 e. The van der Waals surface area contributed by atoms with E-state index in [-0.39, 0.29) is 23.3 Å². The number of amides is 2. The van der Waals surface area contributed by atoms with E-state index in [1.807, 2.05) is 56.6 Å². The van der Waals surface area contributed by atoms with Crippen LogP contribution >= 0.6 is 0 Å². The molecule has 2 aromatic rings. The highest BCUT2D eigenvalue weighted by Gasteiger charge is 2.32. The molecular formula is C22H28N4O2. The molecule has 6 nitrogen and oxygen atoms in total. The van der Waals surface area contributed by atoms with Crippen LogP contribution in [0.1, 0.15) is 74.1 Å². The average Bonchev–Trinajstić information content (AvgIpc) is 3.54. The van der Waals surface area contributed by atoms with Gasteiger partial charge in [0.25, 0.3) is 5.91 Å². The van der Waals surface area contributed by atoms with Crippen LogP contribution in [0.2, 0.25) is 0 Å². The molecule has 0 bridgehead atoms. The molecule has 1 aromatic heterocycles. The molecular weight excluding hydrogens is 352 g/mol. The quantitative estimate of drug-likeness (QED) is 0.806. The molecule has 0 spiro atoms. The average molecular weight is 380 g/mol. The molecule has 0 aliphatic heterocycles. The van der Waals surface area contributed by atoms with Crippen LogP contribution in [-0.2, 0) is 10.3 Å². The van der Waals surface area contributed by atoms with Crippen LogP contribution in [0.25, 0.3) is 0 Å². The Labute approximate surface area is 165 Å².